The maximum Gasteiger partial charge on any atom is 0.250 e. The van der Waals surface area contributed by atoms with Gasteiger partial charge in [0.15, 0.2) is 0 Å². The van der Waals surface area contributed by atoms with Crippen LogP contribution >= 0.6 is 22.7 Å². The van der Waals surface area contributed by atoms with Crippen molar-refractivity contribution in [3.8, 4) is 0 Å². The minimum atomic E-state index is -3.66. The van der Waals surface area contributed by atoms with E-state index in [1.54, 1.807) is 22.8 Å². The van der Waals surface area contributed by atoms with Gasteiger partial charge in [-0.25, -0.2) is 8.42 Å². The minimum absolute atomic E-state index is 0.147. The fraction of sp³-hybridized carbons (Fsp3) is 0.400. The van der Waals surface area contributed by atoms with Crippen molar-refractivity contribution in [1.29, 1.82) is 0 Å². The summed E-state index contributed by atoms with van der Waals surface area (Å²) >= 11 is 2.77. The molecule has 5 nitrogen and oxygen atoms in total. The molecule has 1 amide bonds. The maximum absolute atomic E-state index is 12.3. The highest BCUT2D eigenvalue weighted by atomic mass is 32.2. The van der Waals surface area contributed by atoms with Gasteiger partial charge in [0, 0.05) is 11.4 Å². The molecule has 2 aromatic heterocycles. The SMILES string of the molecule is CC(C)[C@@H](NS(=O)(=O)c1cccs1)C(=O)NCCc1cccs1. The largest absolute Gasteiger partial charge is 0.354 e. The molecule has 0 spiro atoms. The van der Waals surface area contributed by atoms with E-state index < -0.39 is 16.1 Å². The van der Waals surface area contributed by atoms with Gasteiger partial charge in [0.05, 0.1) is 0 Å². The van der Waals surface area contributed by atoms with Gasteiger partial charge < -0.3 is 5.32 Å². The van der Waals surface area contributed by atoms with E-state index in [2.05, 4.69) is 10.0 Å². The Labute approximate surface area is 144 Å². The number of sulfonamides is 1. The summed E-state index contributed by atoms with van der Waals surface area (Å²) in [5.74, 6) is -0.442. The molecule has 0 radical (unpaired) electrons. The Hall–Kier alpha value is -1.22. The lowest BCUT2D eigenvalue weighted by atomic mass is 10.1. The number of carbonyl (C=O) groups excluding carboxylic acids is 1. The molecule has 23 heavy (non-hydrogen) atoms. The zero-order valence-corrected chi connectivity index (χ0v) is 15.4. The van der Waals surface area contributed by atoms with Crippen molar-refractivity contribution in [2.45, 2.75) is 30.5 Å². The predicted octanol–water partition coefficient (Wildman–Crippen LogP) is 2.47. The van der Waals surface area contributed by atoms with Crippen molar-refractivity contribution in [1.82, 2.24) is 10.0 Å². The number of thiophene rings is 2. The molecular formula is C15H20N2O3S3. The van der Waals surface area contributed by atoms with Crippen LogP contribution in [-0.2, 0) is 21.2 Å². The lowest BCUT2D eigenvalue weighted by molar-refractivity contribution is -0.123. The second-order valence-corrected chi connectivity index (χ2v) is 9.32. The van der Waals surface area contributed by atoms with Crippen LogP contribution in [0.2, 0.25) is 0 Å². The first kappa shape index (κ1) is 18.1. The highest BCUT2D eigenvalue weighted by Crippen LogP contribution is 2.17. The van der Waals surface area contributed by atoms with Gasteiger partial charge in [-0.3, -0.25) is 4.79 Å². The second-order valence-electron chi connectivity index (χ2n) is 5.40. The predicted molar refractivity (Wildman–Crippen MR) is 94.3 cm³/mol. The van der Waals surface area contributed by atoms with Crippen LogP contribution in [0, 0.1) is 5.92 Å². The van der Waals surface area contributed by atoms with Crippen molar-refractivity contribution < 1.29 is 13.2 Å². The molecule has 0 aliphatic carbocycles. The fourth-order valence-corrected chi connectivity index (χ4v) is 5.07. The van der Waals surface area contributed by atoms with Gasteiger partial charge >= 0.3 is 0 Å². The maximum atomic E-state index is 12.3. The third-order valence-electron chi connectivity index (χ3n) is 3.24. The summed E-state index contributed by atoms with van der Waals surface area (Å²) in [4.78, 5) is 13.5. The number of hydrogen-bond acceptors (Lipinski definition) is 5. The van der Waals surface area contributed by atoms with Crippen LogP contribution in [0.4, 0.5) is 0 Å². The van der Waals surface area contributed by atoms with Gasteiger partial charge in [-0.1, -0.05) is 26.0 Å². The molecule has 0 bridgehead atoms. The van der Waals surface area contributed by atoms with Crippen molar-refractivity contribution >= 4 is 38.6 Å². The third-order valence-corrected chi connectivity index (χ3v) is 7.02. The zero-order chi connectivity index (χ0) is 16.9. The summed E-state index contributed by atoms with van der Waals surface area (Å²) in [6, 6.07) is 6.39. The first-order valence-corrected chi connectivity index (χ1v) is 10.5. The van der Waals surface area contributed by atoms with Crippen molar-refractivity contribution in [2.75, 3.05) is 6.54 Å². The number of rotatable bonds is 8. The highest BCUT2D eigenvalue weighted by Gasteiger charge is 2.28. The molecule has 0 aliphatic rings. The Balaban J connectivity index is 1.96. The average Bonchev–Trinajstić information content (AvgIpc) is 3.17. The van der Waals surface area contributed by atoms with E-state index in [1.807, 2.05) is 31.4 Å². The van der Waals surface area contributed by atoms with Crippen LogP contribution < -0.4 is 10.0 Å². The Bertz CT molecular complexity index is 707. The Morgan fingerprint density at radius 3 is 2.43 bits per heavy atom. The summed E-state index contributed by atoms with van der Waals surface area (Å²) in [6.07, 6.45) is 0.742. The lowest BCUT2D eigenvalue weighted by Crippen LogP contribution is -2.49. The fourth-order valence-electron chi connectivity index (χ4n) is 2.01. The summed E-state index contributed by atoms with van der Waals surface area (Å²) in [5, 5.41) is 6.50. The van der Waals surface area contributed by atoms with E-state index in [0.717, 1.165) is 17.8 Å². The molecule has 2 N–H and O–H groups in total. The van der Waals surface area contributed by atoms with Gasteiger partial charge in [0.1, 0.15) is 10.3 Å². The Kier molecular flexibility index (Phi) is 6.34. The van der Waals surface area contributed by atoms with Crippen molar-refractivity contribution in [3.63, 3.8) is 0 Å². The van der Waals surface area contributed by atoms with Crippen LogP contribution in [0.1, 0.15) is 18.7 Å². The molecule has 0 aliphatic heterocycles. The van der Waals surface area contributed by atoms with E-state index in [9.17, 15) is 13.2 Å². The molecule has 2 aromatic rings. The number of amides is 1. The van der Waals surface area contributed by atoms with E-state index in [0.29, 0.717) is 6.54 Å². The van der Waals surface area contributed by atoms with Crippen molar-refractivity contribution in [2.24, 2.45) is 5.92 Å². The Morgan fingerprint density at radius 2 is 1.87 bits per heavy atom. The topological polar surface area (TPSA) is 75.3 Å². The van der Waals surface area contributed by atoms with Gasteiger partial charge in [0.25, 0.3) is 10.0 Å². The molecular weight excluding hydrogens is 352 g/mol. The molecule has 0 fully saturated rings. The van der Waals surface area contributed by atoms with E-state index >= 15 is 0 Å². The zero-order valence-electron chi connectivity index (χ0n) is 13.0. The van der Waals surface area contributed by atoms with E-state index in [1.165, 1.54) is 10.9 Å². The number of carbonyl (C=O) groups is 1. The van der Waals surface area contributed by atoms with Gasteiger partial charge in [-0.2, -0.15) is 4.72 Å². The Morgan fingerprint density at radius 1 is 1.17 bits per heavy atom. The normalized spacial score (nSPS) is 13.2. The standard InChI is InChI=1S/C15H20N2O3S3/c1-11(2)14(17-23(19,20)13-6-4-10-22-13)15(18)16-8-7-12-5-3-9-21-12/h3-6,9-11,14,17H,7-8H2,1-2H3,(H,16,18)/t14-/m1/s1. The smallest absolute Gasteiger partial charge is 0.250 e. The van der Waals surface area contributed by atoms with Crippen LogP contribution in [0.25, 0.3) is 0 Å². The third kappa shape index (κ3) is 5.13. The monoisotopic (exact) mass is 372 g/mol. The molecule has 0 saturated carbocycles. The summed E-state index contributed by atoms with van der Waals surface area (Å²) in [5.41, 5.74) is 0. The second kappa shape index (κ2) is 8.05. The summed E-state index contributed by atoms with van der Waals surface area (Å²) in [7, 11) is -3.66. The van der Waals surface area contributed by atoms with Crippen LogP contribution in [0.15, 0.2) is 39.2 Å². The van der Waals surface area contributed by atoms with Crippen LogP contribution in [0.3, 0.4) is 0 Å². The molecule has 0 aromatic carbocycles. The van der Waals surface area contributed by atoms with Crippen molar-refractivity contribution in [3.05, 3.63) is 39.9 Å². The number of hydrogen-bond donors (Lipinski definition) is 2. The molecule has 8 heteroatoms. The summed E-state index contributed by atoms with van der Waals surface area (Å²) < 4.78 is 27.3. The minimum Gasteiger partial charge on any atom is -0.354 e. The highest BCUT2D eigenvalue weighted by molar-refractivity contribution is 7.91. The van der Waals surface area contributed by atoms with E-state index in [4.69, 9.17) is 0 Å². The molecule has 1 atom stereocenters. The van der Waals surface area contributed by atoms with Crippen LogP contribution in [-0.4, -0.2) is 26.9 Å². The van der Waals surface area contributed by atoms with Gasteiger partial charge in [0.2, 0.25) is 5.91 Å². The van der Waals surface area contributed by atoms with Gasteiger partial charge in [-0.15, -0.1) is 22.7 Å². The molecule has 0 saturated heterocycles. The summed E-state index contributed by atoms with van der Waals surface area (Å²) in [6.45, 7) is 4.13. The quantitative estimate of drug-likeness (QED) is 0.747. The van der Waals surface area contributed by atoms with E-state index in [-0.39, 0.29) is 16.0 Å². The average molecular weight is 373 g/mol. The molecule has 126 valence electrons. The van der Waals surface area contributed by atoms with Crippen LogP contribution in [0.5, 0.6) is 0 Å². The lowest BCUT2D eigenvalue weighted by Gasteiger charge is -2.21. The van der Waals surface area contributed by atoms with Gasteiger partial charge in [-0.05, 0) is 35.2 Å². The molecule has 2 heterocycles. The molecule has 0 unspecified atom stereocenters. The molecule has 2 rings (SSSR count). The first-order chi connectivity index (χ1) is 10.9. The number of nitrogens with one attached hydrogen (secondary N) is 2. The first-order valence-electron chi connectivity index (χ1n) is 7.26.